The van der Waals surface area contributed by atoms with Gasteiger partial charge in [-0.05, 0) is 24.3 Å². The molecule has 4 aromatic rings. The maximum Gasteiger partial charge on any atom is 0.232 e. The minimum atomic E-state index is -0.373. The second kappa shape index (κ2) is 8.74. The zero-order chi connectivity index (χ0) is 20.9. The average Bonchev–Trinajstić information content (AvgIpc) is 3.21. The molecule has 30 heavy (non-hydrogen) atoms. The Morgan fingerprint density at radius 3 is 2.70 bits per heavy atom. The number of hydrogen-bond acceptors (Lipinski definition) is 9. The summed E-state index contributed by atoms with van der Waals surface area (Å²) in [5.41, 5.74) is 6.88. The SMILES string of the molecule is COc1ccccc1Nc1nc(N)nc(CSc2n[nH]c(-c3ccccc3F)n2)n1. The van der Waals surface area contributed by atoms with Gasteiger partial charge in [0, 0.05) is 0 Å². The van der Waals surface area contributed by atoms with Crippen LogP contribution in [0.3, 0.4) is 0 Å². The Morgan fingerprint density at radius 1 is 1.07 bits per heavy atom. The molecule has 0 aliphatic heterocycles. The Balaban J connectivity index is 1.47. The second-order valence-electron chi connectivity index (χ2n) is 5.99. The first kappa shape index (κ1) is 19.6. The first-order valence-corrected chi connectivity index (χ1v) is 9.81. The van der Waals surface area contributed by atoms with Gasteiger partial charge in [0.05, 0.1) is 24.1 Å². The lowest BCUT2D eigenvalue weighted by atomic mass is 10.2. The number of aromatic amines is 1. The Kier molecular flexibility index (Phi) is 5.70. The van der Waals surface area contributed by atoms with E-state index in [0.717, 1.165) is 0 Å². The van der Waals surface area contributed by atoms with Crippen LogP contribution in [0.25, 0.3) is 11.4 Å². The molecular formula is C19H17FN8OS. The fourth-order valence-corrected chi connectivity index (χ4v) is 3.29. The molecule has 0 aliphatic carbocycles. The third kappa shape index (κ3) is 4.46. The number of nitrogen functional groups attached to an aromatic ring is 1. The number of nitrogens with two attached hydrogens (primary N) is 1. The monoisotopic (exact) mass is 424 g/mol. The summed E-state index contributed by atoms with van der Waals surface area (Å²) in [6.45, 7) is 0. The van der Waals surface area contributed by atoms with Crippen LogP contribution in [0.15, 0.2) is 53.7 Å². The topological polar surface area (TPSA) is 128 Å². The number of halogens is 1. The quantitative estimate of drug-likeness (QED) is 0.382. The fourth-order valence-electron chi connectivity index (χ4n) is 2.64. The molecule has 0 bridgehead atoms. The predicted octanol–water partition coefficient (Wildman–Crippen LogP) is 3.42. The number of rotatable bonds is 7. The Morgan fingerprint density at radius 2 is 1.87 bits per heavy atom. The van der Waals surface area contributed by atoms with Gasteiger partial charge >= 0.3 is 0 Å². The Hall–Kier alpha value is -3.73. The summed E-state index contributed by atoms with van der Waals surface area (Å²) in [6, 6.07) is 13.7. The van der Waals surface area contributed by atoms with E-state index in [0.29, 0.717) is 45.5 Å². The van der Waals surface area contributed by atoms with Gasteiger partial charge in [0.25, 0.3) is 0 Å². The molecule has 4 rings (SSSR count). The summed E-state index contributed by atoms with van der Waals surface area (Å²) < 4.78 is 19.2. The van der Waals surface area contributed by atoms with E-state index in [4.69, 9.17) is 10.5 Å². The van der Waals surface area contributed by atoms with Gasteiger partial charge in [0.15, 0.2) is 5.82 Å². The van der Waals surface area contributed by atoms with E-state index < -0.39 is 0 Å². The number of methoxy groups -OCH3 is 1. The summed E-state index contributed by atoms with van der Waals surface area (Å²) in [4.78, 5) is 17.0. The van der Waals surface area contributed by atoms with Crippen molar-refractivity contribution >= 4 is 29.3 Å². The molecule has 0 radical (unpaired) electrons. The van der Waals surface area contributed by atoms with Crippen molar-refractivity contribution in [3.63, 3.8) is 0 Å². The molecule has 0 saturated heterocycles. The maximum atomic E-state index is 13.9. The van der Waals surface area contributed by atoms with Gasteiger partial charge < -0.3 is 15.8 Å². The largest absolute Gasteiger partial charge is 0.495 e. The number of benzene rings is 2. The number of anilines is 3. The molecule has 2 aromatic carbocycles. The lowest BCUT2D eigenvalue weighted by Gasteiger charge is -2.10. The predicted molar refractivity (Wildman–Crippen MR) is 112 cm³/mol. The van der Waals surface area contributed by atoms with Crippen LogP contribution in [0.1, 0.15) is 5.82 Å². The smallest absolute Gasteiger partial charge is 0.232 e. The van der Waals surface area contributed by atoms with Crippen molar-refractivity contribution in [3.8, 4) is 17.1 Å². The lowest BCUT2D eigenvalue weighted by Crippen LogP contribution is -2.07. The number of H-pyrrole nitrogens is 1. The molecule has 0 spiro atoms. The summed E-state index contributed by atoms with van der Waals surface area (Å²) in [5.74, 6) is 1.80. The van der Waals surface area contributed by atoms with E-state index in [1.807, 2.05) is 24.3 Å². The first-order chi connectivity index (χ1) is 14.6. The number of nitrogens with zero attached hydrogens (tertiary/aromatic N) is 5. The van der Waals surface area contributed by atoms with Gasteiger partial charge in [-0.2, -0.15) is 15.0 Å². The summed E-state index contributed by atoms with van der Waals surface area (Å²) in [5, 5.41) is 10.4. The molecule has 0 unspecified atom stereocenters. The minimum absolute atomic E-state index is 0.0834. The zero-order valence-electron chi connectivity index (χ0n) is 15.8. The van der Waals surface area contributed by atoms with Crippen LogP contribution in [0.4, 0.5) is 22.0 Å². The van der Waals surface area contributed by atoms with Gasteiger partial charge in [0.1, 0.15) is 17.4 Å². The molecule has 0 atom stereocenters. The second-order valence-corrected chi connectivity index (χ2v) is 6.94. The van der Waals surface area contributed by atoms with E-state index in [2.05, 4.69) is 35.5 Å². The highest BCUT2D eigenvalue weighted by Crippen LogP contribution is 2.27. The lowest BCUT2D eigenvalue weighted by molar-refractivity contribution is 0.417. The number of para-hydroxylation sites is 2. The molecule has 0 saturated carbocycles. The van der Waals surface area contributed by atoms with Crippen molar-refractivity contribution in [3.05, 3.63) is 60.2 Å². The fraction of sp³-hybridized carbons (Fsp3) is 0.105. The number of ether oxygens (including phenoxy) is 1. The third-order valence-corrected chi connectivity index (χ3v) is 4.82. The van der Waals surface area contributed by atoms with Crippen molar-refractivity contribution in [2.45, 2.75) is 10.9 Å². The number of thioether (sulfide) groups is 1. The van der Waals surface area contributed by atoms with E-state index in [9.17, 15) is 4.39 Å². The Labute approximate surface area is 175 Å². The molecule has 0 fully saturated rings. The van der Waals surface area contributed by atoms with Crippen LogP contribution in [0.2, 0.25) is 0 Å². The van der Waals surface area contributed by atoms with Crippen LogP contribution in [0.5, 0.6) is 5.75 Å². The molecular weight excluding hydrogens is 407 g/mol. The molecule has 11 heteroatoms. The van der Waals surface area contributed by atoms with Crippen LogP contribution in [-0.4, -0.2) is 37.2 Å². The summed E-state index contributed by atoms with van der Waals surface area (Å²) >= 11 is 1.29. The molecule has 152 valence electrons. The standard InChI is InChI=1S/C19H17FN8OS/c1-29-14-9-5-4-8-13(14)22-18-24-15(23-17(21)26-18)10-30-19-25-16(27-28-19)11-6-2-3-7-12(11)20/h2-9H,10H2,1H3,(H,25,27,28)(H3,21,22,23,24,26). The van der Waals surface area contributed by atoms with E-state index in [1.165, 1.54) is 17.8 Å². The summed E-state index contributed by atoms with van der Waals surface area (Å²) in [7, 11) is 1.58. The molecule has 4 N–H and O–H groups in total. The van der Waals surface area contributed by atoms with Gasteiger partial charge in [-0.15, -0.1) is 5.10 Å². The van der Waals surface area contributed by atoms with Gasteiger partial charge in [-0.3, -0.25) is 5.10 Å². The van der Waals surface area contributed by atoms with Crippen molar-refractivity contribution in [1.82, 2.24) is 30.1 Å². The van der Waals surface area contributed by atoms with Gasteiger partial charge in [-0.1, -0.05) is 36.0 Å². The molecule has 0 amide bonds. The third-order valence-electron chi connectivity index (χ3n) is 3.98. The molecule has 9 nitrogen and oxygen atoms in total. The zero-order valence-corrected chi connectivity index (χ0v) is 16.7. The first-order valence-electron chi connectivity index (χ1n) is 8.83. The Bertz CT molecular complexity index is 1170. The van der Waals surface area contributed by atoms with E-state index in [1.54, 1.807) is 25.3 Å². The van der Waals surface area contributed by atoms with Crippen LogP contribution in [0, 0.1) is 5.82 Å². The van der Waals surface area contributed by atoms with Crippen LogP contribution < -0.4 is 15.8 Å². The van der Waals surface area contributed by atoms with E-state index in [-0.39, 0.29) is 11.8 Å². The van der Waals surface area contributed by atoms with Crippen LogP contribution in [-0.2, 0) is 5.75 Å². The van der Waals surface area contributed by atoms with Crippen LogP contribution >= 0.6 is 11.8 Å². The van der Waals surface area contributed by atoms with Crippen molar-refractivity contribution in [2.24, 2.45) is 0 Å². The van der Waals surface area contributed by atoms with Gasteiger partial charge in [-0.25, -0.2) is 9.37 Å². The summed E-state index contributed by atoms with van der Waals surface area (Å²) in [6.07, 6.45) is 0. The highest BCUT2D eigenvalue weighted by molar-refractivity contribution is 7.98. The number of nitrogens with one attached hydrogen (secondary N) is 2. The normalized spacial score (nSPS) is 10.7. The highest BCUT2D eigenvalue weighted by atomic mass is 32.2. The molecule has 2 aromatic heterocycles. The van der Waals surface area contributed by atoms with E-state index >= 15 is 0 Å². The van der Waals surface area contributed by atoms with Crippen molar-refractivity contribution in [1.29, 1.82) is 0 Å². The van der Waals surface area contributed by atoms with Crippen molar-refractivity contribution in [2.75, 3.05) is 18.2 Å². The molecule has 2 heterocycles. The minimum Gasteiger partial charge on any atom is -0.495 e. The molecule has 0 aliphatic rings. The van der Waals surface area contributed by atoms with Gasteiger partial charge in [0.2, 0.25) is 17.1 Å². The average molecular weight is 424 g/mol. The highest BCUT2D eigenvalue weighted by Gasteiger charge is 2.12. The number of aromatic nitrogens is 6. The number of hydrogen-bond donors (Lipinski definition) is 3. The van der Waals surface area contributed by atoms with Crippen molar-refractivity contribution < 1.29 is 9.13 Å². The maximum absolute atomic E-state index is 13.9.